The number of rotatable bonds is 10. The molecule has 1 amide bonds. The van der Waals surface area contributed by atoms with Crippen LogP contribution in [0.3, 0.4) is 0 Å². The third-order valence-corrected chi connectivity index (χ3v) is 7.31. The van der Waals surface area contributed by atoms with Crippen molar-refractivity contribution in [3.8, 4) is 0 Å². The SMILES string of the molecule is CC(=O)NCc1ccc(C(=O)CCCCCN2CCCCC2c2noc3cc(F)ccc23)s1. The molecule has 3 heterocycles. The Bertz CT molecular complexity index is 1110. The Balaban J connectivity index is 1.24. The fraction of sp³-hybridized carbons (Fsp3) is 0.480. The van der Waals surface area contributed by atoms with Gasteiger partial charge in [0.25, 0.3) is 0 Å². The minimum Gasteiger partial charge on any atom is -0.356 e. The zero-order valence-electron chi connectivity index (χ0n) is 18.9. The second-order valence-corrected chi connectivity index (χ2v) is 9.83. The second kappa shape index (κ2) is 11.0. The number of carbonyl (C=O) groups excluding carboxylic acids is 2. The third kappa shape index (κ3) is 6.06. The summed E-state index contributed by atoms with van der Waals surface area (Å²) in [5, 5.41) is 7.94. The van der Waals surface area contributed by atoms with Gasteiger partial charge in [-0.2, -0.15) is 0 Å². The van der Waals surface area contributed by atoms with Crippen LogP contribution in [0.1, 0.15) is 78.2 Å². The van der Waals surface area contributed by atoms with Gasteiger partial charge in [0.15, 0.2) is 11.4 Å². The Hall–Kier alpha value is -2.58. The van der Waals surface area contributed by atoms with Crippen molar-refractivity contribution in [1.29, 1.82) is 0 Å². The summed E-state index contributed by atoms with van der Waals surface area (Å²) in [5.41, 5.74) is 1.41. The van der Waals surface area contributed by atoms with Gasteiger partial charge in [-0.25, -0.2) is 4.39 Å². The molecule has 1 aromatic carbocycles. The minimum absolute atomic E-state index is 0.0714. The standard InChI is InChI=1S/C25H30FN3O3S/c1-17(30)27-16-19-10-12-24(33-19)22(31)8-3-2-5-13-29-14-6-4-7-21(29)25-20-11-9-18(26)15-23(20)32-28-25/h9-12,15,21H,2-8,13-14,16H2,1H3,(H,27,30). The first kappa shape index (κ1) is 23.6. The Labute approximate surface area is 197 Å². The van der Waals surface area contributed by atoms with Crippen molar-refractivity contribution >= 4 is 34.0 Å². The molecule has 1 aliphatic rings. The maximum absolute atomic E-state index is 13.5. The van der Waals surface area contributed by atoms with E-state index in [9.17, 15) is 14.0 Å². The monoisotopic (exact) mass is 471 g/mol. The van der Waals surface area contributed by atoms with Crippen LogP contribution in [0.15, 0.2) is 34.9 Å². The summed E-state index contributed by atoms with van der Waals surface area (Å²) in [6.45, 7) is 3.93. The molecule has 0 aliphatic carbocycles. The highest BCUT2D eigenvalue weighted by molar-refractivity contribution is 7.14. The zero-order chi connectivity index (χ0) is 23.2. The van der Waals surface area contributed by atoms with Gasteiger partial charge in [-0.05, 0) is 63.0 Å². The van der Waals surface area contributed by atoms with Crippen LogP contribution in [0.5, 0.6) is 0 Å². The number of piperidine rings is 1. The largest absolute Gasteiger partial charge is 0.356 e. The lowest BCUT2D eigenvalue weighted by Crippen LogP contribution is -2.34. The van der Waals surface area contributed by atoms with Gasteiger partial charge in [-0.3, -0.25) is 14.5 Å². The number of benzene rings is 1. The van der Waals surface area contributed by atoms with E-state index < -0.39 is 0 Å². The highest BCUT2D eigenvalue weighted by Crippen LogP contribution is 2.35. The Morgan fingerprint density at radius 1 is 1.21 bits per heavy atom. The summed E-state index contributed by atoms with van der Waals surface area (Å²) in [5.74, 6) is -0.212. The van der Waals surface area contributed by atoms with Crippen LogP contribution in [0.4, 0.5) is 4.39 Å². The molecular weight excluding hydrogens is 441 g/mol. The van der Waals surface area contributed by atoms with Crippen LogP contribution in [0, 0.1) is 5.82 Å². The molecule has 0 radical (unpaired) electrons. The van der Waals surface area contributed by atoms with Gasteiger partial charge in [0.1, 0.15) is 11.5 Å². The van der Waals surface area contributed by atoms with Crippen molar-refractivity contribution < 1.29 is 18.5 Å². The van der Waals surface area contributed by atoms with E-state index in [0.29, 0.717) is 18.5 Å². The number of hydrogen-bond donors (Lipinski definition) is 1. The Morgan fingerprint density at radius 2 is 2.09 bits per heavy atom. The van der Waals surface area contributed by atoms with E-state index in [1.54, 1.807) is 6.07 Å². The fourth-order valence-electron chi connectivity index (χ4n) is 4.47. The topological polar surface area (TPSA) is 75.4 Å². The number of fused-ring (bicyclic) bond motifs is 1. The highest BCUT2D eigenvalue weighted by atomic mass is 32.1. The smallest absolute Gasteiger partial charge is 0.217 e. The molecule has 1 unspecified atom stereocenters. The van der Waals surface area contributed by atoms with Crippen LogP contribution in [0.2, 0.25) is 0 Å². The van der Waals surface area contributed by atoms with E-state index in [4.69, 9.17) is 4.52 Å². The number of thiophene rings is 1. The van der Waals surface area contributed by atoms with Crippen LogP contribution in [-0.4, -0.2) is 34.8 Å². The van der Waals surface area contributed by atoms with E-state index in [1.165, 1.54) is 36.8 Å². The Kier molecular flexibility index (Phi) is 7.88. The first-order valence-electron chi connectivity index (χ1n) is 11.7. The number of nitrogens with zero attached hydrogens (tertiary/aromatic N) is 2. The van der Waals surface area contributed by atoms with Gasteiger partial charge in [0.2, 0.25) is 5.91 Å². The maximum atomic E-state index is 13.5. The quantitative estimate of drug-likeness (QED) is 0.306. The summed E-state index contributed by atoms with van der Waals surface area (Å²) < 4.78 is 18.9. The van der Waals surface area contributed by atoms with Crippen molar-refractivity contribution in [2.75, 3.05) is 13.1 Å². The number of likely N-dealkylation sites (tertiary alicyclic amines) is 1. The zero-order valence-corrected chi connectivity index (χ0v) is 19.8. The van der Waals surface area contributed by atoms with E-state index in [1.807, 2.05) is 12.1 Å². The summed E-state index contributed by atoms with van der Waals surface area (Å²) in [7, 11) is 0. The second-order valence-electron chi connectivity index (χ2n) is 8.67. The number of Topliss-reactive ketones (excluding diaryl/α,β-unsaturated/α-hetero) is 1. The summed E-state index contributed by atoms with van der Waals surface area (Å²) in [4.78, 5) is 27.7. The number of halogens is 1. The molecule has 1 saturated heterocycles. The van der Waals surface area contributed by atoms with Gasteiger partial charge in [-0.15, -0.1) is 11.3 Å². The summed E-state index contributed by atoms with van der Waals surface area (Å²) >= 11 is 1.46. The van der Waals surface area contributed by atoms with Gasteiger partial charge < -0.3 is 9.84 Å². The lowest BCUT2D eigenvalue weighted by molar-refractivity contribution is -0.119. The predicted octanol–water partition coefficient (Wildman–Crippen LogP) is 5.63. The third-order valence-electron chi connectivity index (χ3n) is 6.19. The molecule has 1 fully saturated rings. The highest BCUT2D eigenvalue weighted by Gasteiger charge is 2.28. The van der Waals surface area contributed by atoms with E-state index in [-0.39, 0.29) is 23.5 Å². The first-order chi connectivity index (χ1) is 16.0. The molecular formula is C25H30FN3O3S. The Morgan fingerprint density at radius 3 is 2.94 bits per heavy atom. The molecule has 176 valence electrons. The van der Waals surface area contributed by atoms with Crippen LogP contribution >= 0.6 is 11.3 Å². The van der Waals surface area contributed by atoms with Crippen molar-refractivity contribution in [2.24, 2.45) is 0 Å². The molecule has 3 aromatic rings. The van der Waals surface area contributed by atoms with E-state index >= 15 is 0 Å². The van der Waals surface area contributed by atoms with Crippen molar-refractivity contribution in [2.45, 2.75) is 64.5 Å². The average molecular weight is 472 g/mol. The number of aromatic nitrogens is 1. The molecule has 1 N–H and O–H groups in total. The number of nitrogens with one attached hydrogen (secondary N) is 1. The van der Waals surface area contributed by atoms with Crippen molar-refractivity contribution in [3.63, 3.8) is 0 Å². The molecule has 1 aliphatic heterocycles. The summed E-state index contributed by atoms with van der Waals surface area (Å²) in [6.07, 6.45) is 6.76. The molecule has 6 nitrogen and oxygen atoms in total. The molecule has 8 heteroatoms. The molecule has 0 spiro atoms. The number of ketones is 1. The molecule has 0 bridgehead atoms. The molecule has 2 aromatic heterocycles. The van der Waals surface area contributed by atoms with Gasteiger partial charge >= 0.3 is 0 Å². The number of unbranched alkanes of at least 4 members (excludes halogenated alkanes) is 2. The van der Waals surface area contributed by atoms with E-state index in [0.717, 1.165) is 66.0 Å². The van der Waals surface area contributed by atoms with Crippen LogP contribution in [0.25, 0.3) is 11.0 Å². The number of hydrogen-bond acceptors (Lipinski definition) is 6. The van der Waals surface area contributed by atoms with Crippen molar-refractivity contribution in [3.05, 3.63) is 51.6 Å². The predicted molar refractivity (Wildman–Crippen MR) is 127 cm³/mol. The van der Waals surface area contributed by atoms with Gasteiger partial charge in [0, 0.05) is 29.7 Å². The van der Waals surface area contributed by atoms with Gasteiger partial charge in [-0.1, -0.05) is 18.0 Å². The molecule has 0 saturated carbocycles. The van der Waals surface area contributed by atoms with Crippen LogP contribution in [-0.2, 0) is 11.3 Å². The number of carbonyl (C=O) groups is 2. The fourth-order valence-corrected chi connectivity index (χ4v) is 5.39. The average Bonchev–Trinajstić information content (AvgIpc) is 3.44. The lowest BCUT2D eigenvalue weighted by atomic mass is 9.96. The first-order valence-corrected chi connectivity index (χ1v) is 12.5. The minimum atomic E-state index is -0.313. The van der Waals surface area contributed by atoms with E-state index in [2.05, 4.69) is 15.4 Å². The number of amides is 1. The lowest BCUT2D eigenvalue weighted by Gasteiger charge is -2.34. The van der Waals surface area contributed by atoms with Crippen LogP contribution < -0.4 is 5.32 Å². The molecule has 4 rings (SSSR count). The molecule has 33 heavy (non-hydrogen) atoms. The maximum Gasteiger partial charge on any atom is 0.217 e. The molecule has 1 atom stereocenters. The normalized spacial score (nSPS) is 16.8. The summed E-state index contributed by atoms with van der Waals surface area (Å²) in [6, 6.07) is 8.58. The van der Waals surface area contributed by atoms with Crippen molar-refractivity contribution in [1.82, 2.24) is 15.4 Å². The van der Waals surface area contributed by atoms with Gasteiger partial charge in [0.05, 0.1) is 17.5 Å².